The van der Waals surface area contributed by atoms with Crippen molar-refractivity contribution in [1.82, 2.24) is 14.5 Å². The van der Waals surface area contributed by atoms with Crippen LogP contribution in [0.4, 0.5) is 10.6 Å². The van der Waals surface area contributed by atoms with E-state index in [1.54, 1.807) is 18.1 Å². The van der Waals surface area contributed by atoms with Crippen molar-refractivity contribution in [2.75, 3.05) is 25.0 Å². The minimum absolute atomic E-state index is 0.0598. The lowest BCUT2D eigenvalue weighted by atomic mass is 9.98. The number of hydrogen-bond acceptors (Lipinski definition) is 4. The summed E-state index contributed by atoms with van der Waals surface area (Å²) < 4.78 is 7.18. The number of piperidine rings is 1. The number of amides is 2. The number of aryl methyl sites for hydroxylation is 1. The van der Waals surface area contributed by atoms with Gasteiger partial charge in [0.1, 0.15) is 5.75 Å². The van der Waals surface area contributed by atoms with Gasteiger partial charge in [0, 0.05) is 32.5 Å². The van der Waals surface area contributed by atoms with Crippen molar-refractivity contribution >= 4 is 11.8 Å². The number of rotatable bonds is 4. The van der Waals surface area contributed by atoms with E-state index in [2.05, 4.69) is 10.3 Å². The van der Waals surface area contributed by atoms with Crippen LogP contribution < -0.4 is 15.6 Å². The number of likely N-dealkylation sites (tertiary alicyclic amines) is 1. The zero-order valence-corrected chi connectivity index (χ0v) is 14.2. The Hall–Kier alpha value is -2.83. The Bertz CT molecular complexity index is 767. The first-order valence-corrected chi connectivity index (χ1v) is 8.39. The van der Waals surface area contributed by atoms with Crippen LogP contribution in [0.1, 0.15) is 12.8 Å². The maximum atomic E-state index is 12.3. The molecule has 7 heteroatoms. The lowest BCUT2D eigenvalue weighted by molar-refractivity contribution is 0.152. The summed E-state index contributed by atoms with van der Waals surface area (Å²) in [6.07, 6.45) is 4.79. The van der Waals surface area contributed by atoms with Gasteiger partial charge in [0.2, 0.25) is 5.82 Å². The van der Waals surface area contributed by atoms with E-state index in [9.17, 15) is 9.59 Å². The van der Waals surface area contributed by atoms with Gasteiger partial charge in [0.15, 0.2) is 0 Å². The third-order valence-electron chi connectivity index (χ3n) is 4.37. The molecule has 1 saturated heterocycles. The second kappa shape index (κ2) is 7.83. The Labute approximate surface area is 146 Å². The number of benzene rings is 1. The Morgan fingerprint density at radius 2 is 2.00 bits per heavy atom. The SMILES string of the molecule is Cn1ccnc(NC(=O)N2CCC(COc3ccccc3)CC2)c1=O. The molecular weight excluding hydrogens is 320 g/mol. The summed E-state index contributed by atoms with van der Waals surface area (Å²) in [5, 5.41) is 2.60. The highest BCUT2D eigenvalue weighted by Gasteiger charge is 2.24. The third kappa shape index (κ3) is 4.37. The molecule has 132 valence electrons. The molecule has 1 fully saturated rings. The molecule has 0 bridgehead atoms. The predicted molar refractivity (Wildman–Crippen MR) is 94.7 cm³/mol. The van der Waals surface area contributed by atoms with Gasteiger partial charge in [-0.25, -0.2) is 9.78 Å². The molecular formula is C18H22N4O3. The van der Waals surface area contributed by atoms with Crippen LogP contribution >= 0.6 is 0 Å². The van der Waals surface area contributed by atoms with Crippen molar-refractivity contribution in [3.05, 3.63) is 53.1 Å². The maximum absolute atomic E-state index is 12.3. The zero-order chi connectivity index (χ0) is 17.6. The van der Waals surface area contributed by atoms with E-state index in [-0.39, 0.29) is 17.4 Å². The predicted octanol–water partition coefficient (Wildman–Crippen LogP) is 2.10. The van der Waals surface area contributed by atoms with E-state index < -0.39 is 0 Å². The molecule has 0 spiro atoms. The van der Waals surface area contributed by atoms with Crippen molar-refractivity contribution in [3.63, 3.8) is 0 Å². The molecule has 1 aromatic carbocycles. The standard InChI is InChI=1S/C18H22N4O3/c1-21-12-9-19-16(17(21)23)20-18(24)22-10-7-14(8-11-22)13-25-15-5-3-2-4-6-15/h2-6,9,12,14H,7-8,10-11,13H2,1H3,(H,19,20,24). The Morgan fingerprint density at radius 1 is 1.28 bits per heavy atom. The second-order valence-corrected chi connectivity index (χ2v) is 6.18. The van der Waals surface area contributed by atoms with Crippen molar-refractivity contribution in [2.45, 2.75) is 12.8 Å². The van der Waals surface area contributed by atoms with E-state index >= 15 is 0 Å². The molecule has 3 rings (SSSR count). The lowest BCUT2D eigenvalue weighted by Crippen LogP contribution is -2.43. The van der Waals surface area contributed by atoms with Crippen LogP contribution in [-0.2, 0) is 7.05 Å². The number of aromatic nitrogens is 2. The highest BCUT2D eigenvalue weighted by molar-refractivity contribution is 5.88. The van der Waals surface area contributed by atoms with Crippen LogP contribution in [0.25, 0.3) is 0 Å². The van der Waals surface area contributed by atoms with Crippen molar-refractivity contribution < 1.29 is 9.53 Å². The van der Waals surface area contributed by atoms with Gasteiger partial charge in [-0.2, -0.15) is 0 Å². The number of para-hydroxylation sites is 1. The minimum Gasteiger partial charge on any atom is -0.493 e. The molecule has 2 amide bonds. The highest BCUT2D eigenvalue weighted by atomic mass is 16.5. The number of ether oxygens (including phenoxy) is 1. The summed E-state index contributed by atoms with van der Waals surface area (Å²) in [4.78, 5) is 29.9. The first-order chi connectivity index (χ1) is 12.1. The number of hydrogen-bond donors (Lipinski definition) is 1. The number of nitrogens with zero attached hydrogens (tertiary/aromatic N) is 3. The molecule has 25 heavy (non-hydrogen) atoms. The Morgan fingerprint density at radius 3 is 2.72 bits per heavy atom. The molecule has 1 aliphatic heterocycles. The van der Waals surface area contributed by atoms with Crippen molar-refractivity contribution in [3.8, 4) is 5.75 Å². The number of carbonyl (C=O) groups excluding carboxylic acids is 1. The maximum Gasteiger partial charge on any atom is 0.323 e. The smallest absolute Gasteiger partial charge is 0.323 e. The van der Waals surface area contributed by atoms with Crippen molar-refractivity contribution in [2.24, 2.45) is 13.0 Å². The van der Waals surface area contributed by atoms with Crippen LogP contribution in [0.3, 0.4) is 0 Å². The van der Waals surface area contributed by atoms with E-state index in [1.165, 1.54) is 10.8 Å². The van der Waals surface area contributed by atoms with Gasteiger partial charge in [-0.1, -0.05) is 18.2 Å². The molecule has 1 aromatic heterocycles. The molecule has 7 nitrogen and oxygen atoms in total. The number of carbonyl (C=O) groups is 1. The van der Waals surface area contributed by atoms with Crippen LogP contribution in [0.5, 0.6) is 5.75 Å². The third-order valence-corrected chi connectivity index (χ3v) is 4.37. The molecule has 0 aliphatic carbocycles. The van der Waals surface area contributed by atoms with Crippen molar-refractivity contribution in [1.29, 1.82) is 0 Å². The topological polar surface area (TPSA) is 76.5 Å². The highest BCUT2D eigenvalue weighted by Crippen LogP contribution is 2.19. The first-order valence-electron chi connectivity index (χ1n) is 8.39. The average molecular weight is 342 g/mol. The number of anilines is 1. The number of urea groups is 1. The quantitative estimate of drug-likeness (QED) is 0.923. The second-order valence-electron chi connectivity index (χ2n) is 6.18. The summed E-state index contributed by atoms with van der Waals surface area (Å²) >= 11 is 0. The lowest BCUT2D eigenvalue weighted by Gasteiger charge is -2.31. The molecule has 2 aromatic rings. The summed E-state index contributed by atoms with van der Waals surface area (Å²) in [7, 11) is 1.62. The monoisotopic (exact) mass is 342 g/mol. The minimum atomic E-state index is -0.318. The normalized spacial score (nSPS) is 15.0. The van der Waals surface area contributed by atoms with E-state index in [0.717, 1.165) is 18.6 Å². The zero-order valence-electron chi connectivity index (χ0n) is 14.2. The van der Waals surface area contributed by atoms with Gasteiger partial charge >= 0.3 is 6.03 Å². The molecule has 1 aliphatic rings. The fourth-order valence-corrected chi connectivity index (χ4v) is 2.80. The van der Waals surface area contributed by atoms with Crippen LogP contribution in [0.15, 0.2) is 47.5 Å². The summed E-state index contributed by atoms with van der Waals surface area (Å²) in [5.74, 6) is 1.35. The van der Waals surface area contributed by atoms with Crippen LogP contribution in [-0.4, -0.2) is 40.2 Å². The van der Waals surface area contributed by atoms with Gasteiger partial charge in [-0.3, -0.25) is 10.1 Å². The molecule has 0 radical (unpaired) electrons. The fraction of sp³-hybridized carbons (Fsp3) is 0.389. The summed E-state index contributed by atoms with van der Waals surface area (Å²) in [5.41, 5.74) is -0.318. The van der Waals surface area contributed by atoms with Gasteiger partial charge in [0.25, 0.3) is 5.56 Å². The van der Waals surface area contributed by atoms with Crippen LogP contribution in [0, 0.1) is 5.92 Å². The van der Waals surface area contributed by atoms with E-state index in [4.69, 9.17) is 4.74 Å². The van der Waals surface area contributed by atoms with Gasteiger partial charge in [0.05, 0.1) is 6.61 Å². The van der Waals surface area contributed by atoms with E-state index in [0.29, 0.717) is 25.6 Å². The molecule has 2 heterocycles. The van der Waals surface area contributed by atoms with Gasteiger partial charge in [-0.05, 0) is 30.9 Å². The van der Waals surface area contributed by atoms with Crippen LogP contribution in [0.2, 0.25) is 0 Å². The molecule has 1 N–H and O–H groups in total. The number of nitrogens with one attached hydrogen (secondary N) is 1. The summed E-state index contributed by atoms with van der Waals surface area (Å²) in [6, 6.07) is 9.46. The Kier molecular flexibility index (Phi) is 5.33. The van der Waals surface area contributed by atoms with E-state index in [1.807, 2.05) is 30.3 Å². The fourth-order valence-electron chi connectivity index (χ4n) is 2.80. The van der Waals surface area contributed by atoms with Gasteiger partial charge < -0.3 is 14.2 Å². The van der Waals surface area contributed by atoms with Gasteiger partial charge in [-0.15, -0.1) is 0 Å². The average Bonchev–Trinajstić information content (AvgIpc) is 2.65. The molecule has 0 saturated carbocycles. The Balaban J connectivity index is 1.47. The summed E-state index contributed by atoms with van der Waals surface area (Å²) in [6.45, 7) is 1.93. The molecule has 0 unspecified atom stereocenters. The molecule has 0 atom stereocenters. The first kappa shape index (κ1) is 17.0. The largest absolute Gasteiger partial charge is 0.493 e.